The average molecular weight is 399 g/mol. The van der Waals surface area contributed by atoms with Crippen molar-refractivity contribution in [3.05, 3.63) is 54.5 Å². The zero-order chi connectivity index (χ0) is 20.6. The lowest BCUT2D eigenvalue weighted by Gasteiger charge is -2.31. The molecule has 1 saturated heterocycles. The summed E-state index contributed by atoms with van der Waals surface area (Å²) in [5, 5.41) is 5.51. The van der Waals surface area contributed by atoms with Gasteiger partial charge >= 0.3 is 12.0 Å². The van der Waals surface area contributed by atoms with Crippen LogP contribution in [0, 0.1) is 5.92 Å². The van der Waals surface area contributed by atoms with E-state index in [2.05, 4.69) is 10.6 Å². The van der Waals surface area contributed by atoms with Crippen LogP contribution >= 0.6 is 0 Å². The number of likely N-dealkylation sites (tertiary alicyclic amines) is 1. The van der Waals surface area contributed by atoms with Gasteiger partial charge in [-0.25, -0.2) is 4.79 Å². The third kappa shape index (κ3) is 5.84. The lowest BCUT2D eigenvalue weighted by molar-refractivity contribution is -0.160. The molecule has 1 fully saturated rings. The van der Waals surface area contributed by atoms with Crippen molar-refractivity contribution in [1.29, 1.82) is 0 Å². The predicted molar refractivity (Wildman–Crippen MR) is 106 cm³/mol. The summed E-state index contributed by atoms with van der Waals surface area (Å²) in [7, 11) is 0. The number of piperidine rings is 1. The van der Waals surface area contributed by atoms with Crippen LogP contribution in [-0.4, -0.2) is 42.0 Å². The largest absolute Gasteiger partial charge is 0.467 e. The summed E-state index contributed by atoms with van der Waals surface area (Å²) in [6.45, 7) is 2.69. The van der Waals surface area contributed by atoms with Gasteiger partial charge in [-0.15, -0.1) is 0 Å². The summed E-state index contributed by atoms with van der Waals surface area (Å²) in [4.78, 5) is 38.4. The van der Waals surface area contributed by atoms with Crippen molar-refractivity contribution in [1.82, 2.24) is 10.2 Å². The molecule has 154 valence electrons. The Kier molecular flexibility index (Phi) is 6.89. The van der Waals surface area contributed by atoms with Crippen LogP contribution in [0.5, 0.6) is 0 Å². The number of urea groups is 1. The van der Waals surface area contributed by atoms with Crippen LogP contribution in [0.25, 0.3) is 0 Å². The number of furan rings is 1. The van der Waals surface area contributed by atoms with Crippen molar-refractivity contribution in [3.63, 3.8) is 0 Å². The highest BCUT2D eigenvalue weighted by Crippen LogP contribution is 2.20. The Hall–Kier alpha value is -3.29. The van der Waals surface area contributed by atoms with Crippen molar-refractivity contribution < 1.29 is 23.5 Å². The zero-order valence-electron chi connectivity index (χ0n) is 16.3. The van der Waals surface area contributed by atoms with Gasteiger partial charge in [-0.05, 0) is 44.0 Å². The third-order valence-corrected chi connectivity index (χ3v) is 4.82. The molecule has 2 heterocycles. The van der Waals surface area contributed by atoms with E-state index in [1.54, 1.807) is 17.0 Å². The van der Waals surface area contributed by atoms with E-state index in [-0.39, 0.29) is 24.4 Å². The maximum Gasteiger partial charge on any atom is 0.321 e. The van der Waals surface area contributed by atoms with Crippen molar-refractivity contribution in [2.75, 3.05) is 18.4 Å². The number of nitrogens with one attached hydrogen (secondary N) is 2. The molecule has 0 bridgehead atoms. The highest BCUT2D eigenvalue weighted by molar-refractivity contribution is 5.89. The van der Waals surface area contributed by atoms with Gasteiger partial charge in [0.2, 0.25) is 0 Å². The van der Waals surface area contributed by atoms with E-state index in [9.17, 15) is 14.4 Å². The third-order valence-electron chi connectivity index (χ3n) is 4.82. The molecule has 1 aromatic carbocycles. The summed E-state index contributed by atoms with van der Waals surface area (Å²) >= 11 is 0. The van der Waals surface area contributed by atoms with Gasteiger partial charge in [-0.3, -0.25) is 9.59 Å². The van der Waals surface area contributed by atoms with Crippen LogP contribution in [0.15, 0.2) is 53.1 Å². The Bertz CT molecular complexity index is 814. The normalized spacial score (nSPS) is 15.4. The molecule has 8 heteroatoms. The highest BCUT2D eigenvalue weighted by atomic mass is 16.5. The number of rotatable bonds is 6. The fraction of sp³-hybridized carbons (Fsp3) is 0.381. The second-order valence-electron chi connectivity index (χ2n) is 6.93. The minimum absolute atomic E-state index is 0.186. The molecule has 8 nitrogen and oxygen atoms in total. The summed E-state index contributed by atoms with van der Waals surface area (Å²) < 4.78 is 10.5. The second-order valence-corrected chi connectivity index (χ2v) is 6.93. The summed E-state index contributed by atoms with van der Waals surface area (Å²) in [6, 6.07) is 12.5. The first-order valence-electron chi connectivity index (χ1n) is 9.64. The fourth-order valence-corrected chi connectivity index (χ4v) is 3.10. The van der Waals surface area contributed by atoms with Gasteiger partial charge in [0.1, 0.15) is 5.76 Å². The SMILES string of the molecule is C[C@@H](OC(=O)C1CCN(C(=O)Nc2ccccc2)CC1)C(=O)NCc1ccco1. The lowest BCUT2D eigenvalue weighted by atomic mass is 9.97. The van der Waals surface area contributed by atoms with E-state index >= 15 is 0 Å². The zero-order valence-corrected chi connectivity index (χ0v) is 16.3. The summed E-state index contributed by atoms with van der Waals surface area (Å²) in [5.41, 5.74) is 0.730. The maximum absolute atomic E-state index is 12.4. The quantitative estimate of drug-likeness (QED) is 0.728. The molecule has 29 heavy (non-hydrogen) atoms. The molecule has 0 saturated carbocycles. The Morgan fingerprint density at radius 3 is 2.52 bits per heavy atom. The predicted octanol–water partition coefficient (Wildman–Crippen LogP) is 2.77. The van der Waals surface area contributed by atoms with Crippen LogP contribution in [0.4, 0.5) is 10.5 Å². The summed E-state index contributed by atoms with van der Waals surface area (Å²) in [5.74, 6) is -0.489. The monoisotopic (exact) mass is 399 g/mol. The maximum atomic E-state index is 12.4. The number of amides is 3. The fourth-order valence-electron chi connectivity index (χ4n) is 3.10. The lowest BCUT2D eigenvalue weighted by Crippen LogP contribution is -2.44. The number of benzene rings is 1. The number of esters is 1. The van der Waals surface area contributed by atoms with Gasteiger partial charge in [0.25, 0.3) is 5.91 Å². The smallest absolute Gasteiger partial charge is 0.321 e. The number of nitrogens with zero attached hydrogens (tertiary/aromatic N) is 1. The number of anilines is 1. The Balaban J connectivity index is 1.40. The van der Waals surface area contributed by atoms with E-state index < -0.39 is 12.1 Å². The minimum atomic E-state index is -0.892. The molecule has 0 radical (unpaired) electrons. The van der Waals surface area contributed by atoms with Gasteiger partial charge < -0.3 is 24.7 Å². The first-order valence-corrected chi connectivity index (χ1v) is 9.64. The molecule has 0 spiro atoms. The molecule has 1 aliphatic heterocycles. The number of hydrogen-bond acceptors (Lipinski definition) is 5. The van der Waals surface area contributed by atoms with Gasteiger partial charge in [-0.2, -0.15) is 0 Å². The number of ether oxygens (including phenoxy) is 1. The van der Waals surface area contributed by atoms with Gasteiger partial charge in [-0.1, -0.05) is 18.2 Å². The first kappa shape index (κ1) is 20.4. The van der Waals surface area contributed by atoms with Crippen LogP contribution < -0.4 is 10.6 Å². The highest BCUT2D eigenvalue weighted by Gasteiger charge is 2.30. The number of carbonyl (C=O) groups excluding carboxylic acids is 3. The topological polar surface area (TPSA) is 101 Å². The van der Waals surface area contributed by atoms with E-state index in [0.717, 1.165) is 5.69 Å². The van der Waals surface area contributed by atoms with Crippen molar-refractivity contribution in [2.24, 2.45) is 5.92 Å². The van der Waals surface area contributed by atoms with E-state index in [0.29, 0.717) is 31.7 Å². The van der Waals surface area contributed by atoms with Crippen LogP contribution in [-0.2, 0) is 20.9 Å². The number of para-hydroxylation sites is 1. The van der Waals surface area contributed by atoms with Crippen molar-refractivity contribution in [3.8, 4) is 0 Å². The molecule has 2 aromatic rings. The molecule has 3 amide bonds. The van der Waals surface area contributed by atoms with E-state index in [4.69, 9.17) is 9.15 Å². The molecule has 2 N–H and O–H groups in total. The van der Waals surface area contributed by atoms with Gasteiger partial charge in [0.05, 0.1) is 18.7 Å². The average Bonchev–Trinajstić information content (AvgIpc) is 3.26. The van der Waals surface area contributed by atoms with Crippen molar-refractivity contribution in [2.45, 2.75) is 32.4 Å². The van der Waals surface area contributed by atoms with E-state index in [1.807, 2.05) is 30.3 Å². The molecule has 1 atom stereocenters. The molecule has 1 aromatic heterocycles. The molecule has 0 unspecified atom stereocenters. The molecule has 1 aliphatic rings. The number of hydrogen-bond donors (Lipinski definition) is 2. The Morgan fingerprint density at radius 2 is 1.86 bits per heavy atom. The Labute approximate surface area is 169 Å². The molecular formula is C21H25N3O5. The van der Waals surface area contributed by atoms with Gasteiger partial charge in [0, 0.05) is 18.8 Å². The minimum Gasteiger partial charge on any atom is -0.467 e. The number of carbonyl (C=O) groups is 3. The standard InChI is InChI=1S/C21H25N3O5/c1-15(19(25)22-14-18-8-5-13-28-18)29-20(26)16-9-11-24(12-10-16)21(27)23-17-6-3-2-4-7-17/h2-8,13,15-16H,9-12,14H2,1H3,(H,22,25)(H,23,27)/t15-/m1/s1. The van der Waals surface area contributed by atoms with Gasteiger partial charge in [0.15, 0.2) is 6.10 Å². The van der Waals surface area contributed by atoms with Crippen LogP contribution in [0.1, 0.15) is 25.5 Å². The second kappa shape index (κ2) is 9.77. The van der Waals surface area contributed by atoms with Crippen LogP contribution in [0.2, 0.25) is 0 Å². The van der Waals surface area contributed by atoms with E-state index in [1.165, 1.54) is 13.2 Å². The first-order chi connectivity index (χ1) is 14.0. The molecule has 0 aliphatic carbocycles. The summed E-state index contributed by atoms with van der Waals surface area (Å²) in [6.07, 6.45) is 1.64. The molecular weight excluding hydrogens is 374 g/mol. The van der Waals surface area contributed by atoms with Crippen LogP contribution in [0.3, 0.4) is 0 Å². The molecule has 3 rings (SSSR count). The Morgan fingerprint density at radius 1 is 1.14 bits per heavy atom. The van der Waals surface area contributed by atoms with Crippen molar-refractivity contribution >= 4 is 23.6 Å².